The van der Waals surface area contributed by atoms with Gasteiger partial charge in [-0.3, -0.25) is 19.0 Å². The fourth-order valence-corrected chi connectivity index (χ4v) is 2.82. The number of amides is 2. The van der Waals surface area contributed by atoms with E-state index in [0.717, 1.165) is 6.42 Å². The highest BCUT2D eigenvalue weighted by molar-refractivity contribution is 6.04. The molecule has 0 fully saturated rings. The molecule has 3 rings (SSSR count). The van der Waals surface area contributed by atoms with Gasteiger partial charge in [-0.2, -0.15) is 0 Å². The molecule has 1 heterocycles. The van der Waals surface area contributed by atoms with Gasteiger partial charge in [-0.1, -0.05) is 19.1 Å². The Morgan fingerprint density at radius 2 is 1.63 bits per heavy atom. The molecule has 1 unspecified atom stereocenters. The van der Waals surface area contributed by atoms with Crippen molar-refractivity contribution in [3.63, 3.8) is 0 Å². The van der Waals surface area contributed by atoms with Gasteiger partial charge < -0.3 is 10.6 Å². The molecule has 0 aliphatic heterocycles. The van der Waals surface area contributed by atoms with E-state index in [9.17, 15) is 18.8 Å². The molecule has 1 aromatic heterocycles. The molecule has 6 nitrogen and oxygen atoms in total. The SMILES string of the molecule is CCC(C)NC(=O)c1cccn(-c2ccc(NC(=O)c3ccccc3F)cc2)c1=O. The number of benzene rings is 2. The number of carbonyl (C=O) groups excluding carboxylic acids is 2. The molecule has 3 aromatic rings. The molecule has 0 saturated heterocycles. The Morgan fingerprint density at radius 1 is 0.967 bits per heavy atom. The monoisotopic (exact) mass is 407 g/mol. The van der Waals surface area contributed by atoms with Gasteiger partial charge in [-0.05, 0) is 61.9 Å². The van der Waals surface area contributed by atoms with Crippen LogP contribution in [0.5, 0.6) is 0 Å². The minimum absolute atomic E-state index is 0.0390. The van der Waals surface area contributed by atoms with Gasteiger partial charge in [-0.15, -0.1) is 0 Å². The maximum absolute atomic E-state index is 13.7. The molecule has 30 heavy (non-hydrogen) atoms. The van der Waals surface area contributed by atoms with Crippen LogP contribution in [0.3, 0.4) is 0 Å². The second-order valence-corrected chi connectivity index (χ2v) is 6.86. The first-order valence-corrected chi connectivity index (χ1v) is 9.59. The molecule has 0 saturated carbocycles. The van der Waals surface area contributed by atoms with Crippen LogP contribution < -0.4 is 16.2 Å². The molecule has 154 valence electrons. The van der Waals surface area contributed by atoms with Crippen LogP contribution in [0.15, 0.2) is 71.7 Å². The van der Waals surface area contributed by atoms with Crippen molar-refractivity contribution in [2.75, 3.05) is 5.32 Å². The number of aromatic nitrogens is 1. The minimum atomic E-state index is -0.606. The zero-order valence-corrected chi connectivity index (χ0v) is 16.7. The van der Waals surface area contributed by atoms with Crippen LogP contribution in [0.4, 0.5) is 10.1 Å². The van der Waals surface area contributed by atoms with Gasteiger partial charge in [0.1, 0.15) is 11.4 Å². The number of pyridine rings is 1. The third-order valence-corrected chi connectivity index (χ3v) is 4.70. The third kappa shape index (κ3) is 4.63. The predicted octanol–water partition coefficient (Wildman–Crippen LogP) is 3.76. The molecule has 0 radical (unpaired) electrons. The van der Waals surface area contributed by atoms with Gasteiger partial charge in [0.2, 0.25) is 0 Å². The predicted molar refractivity (Wildman–Crippen MR) is 114 cm³/mol. The van der Waals surface area contributed by atoms with E-state index in [1.54, 1.807) is 42.6 Å². The molecule has 0 aliphatic rings. The summed E-state index contributed by atoms with van der Waals surface area (Å²) in [6.07, 6.45) is 2.32. The summed E-state index contributed by atoms with van der Waals surface area (Å²) < 4.78 is 15.1. The Hall–Kier alpha value is -3.74. The smallest absolute Gasteiger partial charge is 0.267 e. The number of hydrogen-bond donors (Lipinski definition) is 2. The topological polar surface area (TPSA) is 80.2 Å². The molecule has 0 spiro atoms. The van der Waals surface area contributed by atoms with Crippen LogP contribution in [-0.4, -0.2) is 22.4 Å². The Bertz CT molecular complexity index is 1120. The maximum Gasteiger partial charge on any atom is 0.267 e. The van der Waals surface area contributed by atoms with Crippen molar-refractivity contribution in [3.8, 4) is 5.69 Å². The number of nitrogens with one attached hydrogen (secondary N) is 2. The summed E-state index contributed by atoms with van der Waals surface area (Å²) in [5, 5.41) is 5.41. The van der Waals surface area contributed by atoms with Gasteiger partial charge in [0.25, 0.3) is 17.4 Å². The van der Waals surface area contributed by atoms with Crippen molar-refractivity contribution in [3.05, 3.63) is 94.2 Å². The zero-order chi connectivity index (χ0) is 21.7. The zero-order valence-electron chi connectivity index (χ0n) is 16.7. The van der Waals surface area contributed by atoms with Gasteiger partial charge in [0, 0.05) is 23.6 Å². The maximum atomic E-state index is 13.7. The third-order valence-electron chi connectivity index (χ3n) is 4.70. The fourth-order valence-electron chi connectivity index (χ4n) is 2.82. The molecule has 2 amide bonds. The van der Waals surface area contributed by atoms with Crippen LogP contribution in [0, 0.1) is 5.82 Å². The van der Waals surface area contributed by atoms with E-state index in [1.165, 1.54) is 28.8 Å². The molecule has 7 heteroatoms. The second kappa shape index (κ2) is 9.17. The average molecular weight is 407 g/mol. The summed E-state index contributed by atoms with van der Waals surface area (Å²) >= 11 is 0. The first-order valence-electron chi connectivity index (χ1n) is 9.59. The van der Waals surface area contributed by atoms with Gasteiger partial charge >= 0.3 is 0 Å². The lowest BCUT2D eigenvalue weighted by molar-refractivity contribution is 0.0936. The highest BCUT2D eigenvalue weighted by atomic mass is 19.1. The van der Waals surface area contributed by atoms with Gasteiger partial charge in [0.05, 0.1) is 5.56 Å². The van der Waals surface area contributed by atoms with Gasteiger partial charge in [-0.25, -0.2) is 4.39 Å². The van der Waals surface area contributed by atoms with Crippen molar-refractivity contribution in [2.24, 2.45) is 0 Å². The highest BCUT2D eigenvalue weighted by Crippen LogP contribution is 2.15. The fraction of sp³-hybridized carbons (Fsp3) is 0.174. The lowest BCUT2D eigenvalue weighted by Gasteiger charge is -2.13. The number of anilines is 1. The Kier molecular flexibility index (Phi) is 6.41. The standard InChI is InChI=1S/C23H22FN3O3/c1-3-15(2)25-22(29)19-8-6-14-27(23(19)30)17-12-10-16(11-13-17)26-21(28)18-7-4-5-9-20(18)24/h4-15H,3H2,1-2H3,(H,25,29)(H,26,28). The average Bonchev–Trinajstić information content (AvgIpc) is 2.74. The summed E-state index contributed by atoms with van der Waals surface area (Å²) in [5.41, 5.74) is 0.529. The minimum Gasteiger partial charge on any atom is -0.349 e. The number of carbonyl (C=O) groups is 2. The molecular formula is C23H22FN3O3. The van der Waals surface area contributed by atoms with E-state index in [2.05, 4.69) is 10.6 Å². The molecule has 0 aliphatic carbocycles. The van der Waals surface area contributed by atoms with Crippen LogP contribution in [-0.2, 0) is 0 Å². The summed E-state index contributed by atoms with van der Waals surface area (Å²) in [6, 6.07) is 15.3. The van der Waals surface area contributed by atoms with Crippen molar-refractivity contribution < 1.29 is 14.0 Å². The molecule has 2 aromatic carbocycles. The van der Waals surface area contributed by atoms with E-state index in [4.69, 9.17) is 0 Å². The molecule has 2 N–H and O–H groups in total. The van der Waals surface area contributed by atoms with Crippen molar-refractivity contribution in [1.29, 1.82) is 0 Å². The summed E-state index contributed by atoms with van der Waals surface area (Å²) in [5.74, 6) is -1.59. The van der Waals surface area contributed by atoms with E-state index < -0.39 is 23.2 Å². The summed E-state index contributed by atoms with van der Waals surface area (Å²) in [7, 11) is 0. The number of nitrogens with zero attached hydrogens (tertiary/aromatic N) is 1. The van der Waals surface area contributed by atoms with E-state index in [0.29, 0.717) is 11.4 Å². The second-order valence-electron chi connectivity index (χ2n) is 6.86. The van der Waals surface area contributed by atoms with Crippen LogP contribution >= 0.6 is 0 Å². The Balaban J connectivity index is 1.80. The van der Waals surface area contributed by atoms with Crippen molar-refractivity contribution in [1.82, 2.24) is 9.88 Å². The quantitative estimate of drug-likeness (QED) is 0.653. The van der Waals surface area contributed by atoms with E-state index in [-0.39, 0.29) is 17.2 Å². The molecular weight excluding hydrogens is 385 g/mol. The highest BCUT2D eigenvalue weighted by Gasteiger charge is 2.15. The lowest BCUT2D eigenvalue weighted by atomic mass is 10.2. The molecule has 1 atom stereocenters. The van der Waals surface area contributed by atoms with Crippen LogP contribution in [0.25, 0.3) is 5.69 Å². The Labute approximate surface area is 173 Å². The largest absolute Gasteiger partial charge is 0.349 e. The molecule has 0 bridgehead atoms. The van der Waals surface area contributed by atoms with Gasteiger partial charge in [0.15, 0.2) is 0 Å². The number of rotatable bonds is 6. The van der Waals surface area contributed by atoms with E-state index >= 15 is 0 Å². The lowest BCUT2D eigenvalue weighted by Crippen LogP contribution is -2.36. The summed E-state index contributed by atoms with van der Waals surface area (Å²) in [4.78, 5) is 37.3. The Morgan fingerprint density at radius 3 is 2.30 bits per heavy atom. The van der Waals surface area contributed by atoms with Crippen LogP contribution in [0.2, 0.25) is 0 Å². The normalized spacial score (nSPS) is 11.6. The van der Waals surface area contributed by atoms with E-state index in [1.807, 2.05) is 13.8 Å². The first kappa shape index (κ1) is 21.0. The number of halogens is 1. The van der Waals surface area contributed by atoms with Crippen molar-refractivity contribution in [2.45, 2.75) is 26.3 Å². The first-order chi connectivity index (χ1) is 14.4. The number of hydrogen-bond acceptors (Lipinski definition) is 3. The van der Waals surface area contributed by atoms with Crippen molar-refractivity contribution >= 4 is 17.5 Å². The summed E-state index contributed by atoms with van der Waals surface area (Å²) in [6.45, 7) is 3.81. The van der Waals surface area contributed by atoms with Crippen LogP contribution in [0.1, 0.15) is 41.0 Å².